The van der Waals surface area contributed by atoms with E-state index in [1.54, 1.807) is 65.2 Å². The summed E-state index contributed by atoms with van der Waals surface area (Å²) in [4.78, 5) is 42.9. The molecule has 3 aliphatic rings. The van der Waals surface area contributed by atoms with Crippen LogP contribution in [0.1, 0.15) is 19.8 Å². The van der Waals surface area contributed by atoms with Gasteiger partial charge in [0.15, 0.2) is 0 Å². The predicted molar refractivity (Wildman–Crippen MR) is 152 cm³/mol. The highest BCUT2D eigenvalue weighted by Crippen LogP contribution is 2.67. The summed E-state index contributed by atoms with van der Waals surface area (Å²) in [7, 11) is 0. The standard InChI is InChI=1S/C27H29BrClN3O5S/c1-2-37-18-10-8-17(9-11-18)30-24(34)20-21-26(36)32(12-3-13-33)23(27(21)14-19(28)22(20)38-27)25(35)31-16-6-4-15(29)5-7-16/h4-11,19-23,33H,2-3,12-14H2,1H3,(H,30,34)(H,31,35)/t19?,20-,21-,22-,23?,27?/m0/s1. The Balaban J connectivity index is 1.43. The van der Waals surface area contributed by atoms with Gasteiger partial charge in [-0.3, -0.25) is 14.4 Å². The van der Waals surface area contributed by atoms with Crippen LogP contribution in [0.2, 0.25) is 5.02 Å². The molecule has 3 unspecified atom stereocenters. The van der Waals surface area contributed by atoms with Gasteiger partial charge in [0.25, 0.3) is 0 Å². The lowest BCUT2D eigenvalue weighted by molar-refractivity contribution is -0.138. The number of halogens is 2. The summed E-state index contributed by atoms with van der Waals surface area (Å²) in [6.45, 7) is 2.58. The van der Waals surface area contributed by atoms with E-state index in [1.165, 1.54) is 0 Å². The summed E-state index contributed by atoms with van der Waals surface area (Å²) < 4.78 is 4.72. The van der Waals surface area contributed by atoms with Crippen molar-refractivity contribution >= 4 is 68.4 Å². The van der Waals surface area contributed by atoms with Crippen LogP contribution in [-0.2, 0) is 14.4 Å². The van der Waals surface area contributed by atoms with Gasteiger partial charge in [0, 0.05) is 39.6 Å². The van der Waals surface area contributed by atoms with E-state index < -0.39 is 22.6 Å². The molecule has 6 atom stereocenters. The molecule has 3 aliphatic heterocycles. The van der Waals surface area contributed by atoms with Crippen molar-refractivity contribution in [2.24, 2.45) is 11.8 Å². The summed E-state index contributed by atoms with van der Waals surface area (Å²) in [6.07, 6.45) is 0.925. The van der Waals surface area contributed by atoms with E-state index in [-0.39, 0.29) is 41.0 Å². The number of ether oxygens (including phenoxy) is 1. The van der Waals surface area contributed by atoms with Crippen molar-refractivity contribution < 1.29 is 24.2 Å². The number of nitrogens with one attached hydrogen (secondary N) is 2. The lowest BCUT2D eigenvalue weighted by Crippen LogP contribution is -2.52. The molecule has 38 heavy (non-hydrogen) atoms. The minimum Gasteiger partial charge on any atom is -0.494 e. The smallest absolute Gasteiger partial charge is 0.248 e. The van der Waals surface area contributed by atoms with Crippen LogP contribution < -0.4 is 15.4 Å². The third-order valence-electron chi connectivity index (χ3n) is 7.44. The molecular formula is C27H29BrClN3O5S. The maximum absolute atomic E-state index is 13.9. The van der Waals surface area contributed by atoms with Crippen LogP contribution in [0.25, 0.3) is 0 Å². The Morgan fingerprint density at radius 2 is 1.76 bits per heavy atom. The van der Waals surface area contributed by atoms with Crippen LogP contribution in [0.15, 0.2) is 48.5 Å². The molecule has 0 saturated carbocycles. The number of carbonyl (C=O) groups excluding carboxylic acids is 3. The van der Waals surface area contributed by atoms with Gasteiger partial charge in [-0.1, -0.05) is 27.5 Å². The Morgan fingerprint density at radius 1 is 1.13 bits per heavy atom. The van der Waals surface area contributed by atoms with E-state index in [9.17, 15) is 19.5 Å². The van der Waals surface area contributed by atoms with Crippen LogP contribution >= 0.6 is 39.3 Å². The zero-order valence-corrected chi connectivity index (χ0v) is 23.9. The number of carbonyl (C=O) groups is 3. The molecule has 1 spiro atoms. The average Bonchev–Trinajstić information content (AvgIpc) is 3.48. The topological polar surface area (TPSA) is 108 Å². The zero-order chi connectivity index (χ0) is 27.0. The maximum atomic E-state index is 13.9. The molecule has 0 aromatic heterocycles. The number of hydrogen-bond donors (Lipinski definition) is 3. The zero-order valence-electron chi connectivity index (χ0n) is 20.7. The molecule has 3 fully saturated rings. The van der Waals surface area contributed by atoms with Crippen molar-refractivity contribution in [3.63, 3.8) is 0 Å². The molecule has 2 aromatic rings. The fourth-order valence-electron chi connectivity index (χ4n) is 5.98. The van der Waals surface area contributed by atoms with Crippen LogP contribution in [0.3, 0.4) is 0 Å². The first kappa shape index (κ1) is 27.3. The molecule has 3 N–H and O–H groups in total. The van der Waals surface area contributed by atoms with Gasteiger partial charge < -0.3 is 25.4 Å². The van der Waals surface area contributed by atoms with Gasteiger partial charge in [0.2, 0.25) is 17.7 Å². The second-order valence-corrected chi connectivity index (χ2v) is 12.9. The Bertz CT molecular complexity index is 1220. The van der Waals surface area contributed by atoms with Crippen molar-refractivity contribution in [2.45, 2.75) is 40.6 Å². The highest BCUT2D eigenvalue weighted by atomic mass is 79.9. The van der Waals surface area contributed by atoms with Crippen molar-refractivity contribution in [3.8, 4) is 5.75 Å². The first-order chi connectivity index (χ1) is 18.3. The van der Waals surface area contributed by atoms with E-state index >= 15 is 0 Å². The molecule has 202 valence electrons. The molecule has 11 heteroatoms. The Morgan fingerprint density at radius 3 is 2.39 bits per heavy atom. The number of hydrogen-bond acceptors (Lipinski definition) is 6. The van der Waals surface area contributed by atoms with Gasteiger partial charge in [-0.2, -0.15) is 0 Å². The first-order valence-corrected chi connectivity index (χ1v) is 14.8. The quantitative estimate of drug-likeness (QED) is 0.363. The van der Waals surface area contributed by atoms with E-state index in [4.69, 9.17) is 16.3 Å². The van der Waals surface area contributed by atoms with Crippen LogP contribution in [0.5, 0.6) is 5.75 Å². The highest BCUT2D eigenvalue weighted by Gasteiger charge is 2.75. The van der Waals surface area contributed by atoms with Crippen molar-refractivity contribution in [1.82, 2.24) is 4.90 Å². The van der Waals surface area contributed by atoms with Gasteiger partial charge >= 0.3 is 0 Å². The number of thioether (sulfide) groups is 1. The largest absolute Gasteiger partial charge is 0.494 e. The molecule has 2 aromatic carbocycles. The molecule has 3 heterocycles. The average molecular weight is 623 g/mol. The third kappa shape index (κ3) is 4.80. The lowest BCUT2D eigenvalue weighted by Gasteiger charge is -2.35. The second-order valence-electron chi connectivity index (χ2n) is 9.72. The highest BCUT2D eigenvalue weighted by molar-refractivity contribution is 9.09. The van der Waals surface area contributed by atoms with Gasteiger partial charge in [-0.15, -0.1) is 11.8 Å². The molecule has 2 bridgehead atoms. The minimum atomic E-state index is -0.777. The van der Waals surface area contributed by atoms with E-state index in [0.29, 0.717) is 41.6 Å². The molecule has 0 radical (unpaired) electrons. The van der Waals surface area contributed by atoms with Crippen molar-refractivity contribution in [3.05, 3.63) is 53.6 Å². The number of alkyl halides is 1. The number of nitrogens with zero attached hydrogens (tertiary/aromatic N) is 1. The number of fused-ring (bicyclic) bond motifs is 1. The van der Waals surface area contributed by atoms with Gasteiger partial charge in [-0.25, -0.2) is 0 Å². The van der Waals surface area contributed by atoms with E-state index in [1.807, 2.05) is 6.92 Å². The SMILES string of the molecule is CCOc1ccc(NC(=O)[C@H]2[C@H]3C(=O)N(CCCO)C(C(=O)Nc4ccc(Cl)cc4)C34CC(Br)[C@@H]2S4)cc1. The Labute approximate surface area is 238 Å². The number of amides is 3. The Kier molecular flexibility index (Phi) is 7.96. The van der Waals surface area contributed by atoms with E-state index in [0.717, 1.165) is 0 Å². The molecule has 3 amide bonds. The number of rotatable bonds is 9. The lowest BCUT2D eigenvalue weighted by atomic mass is 9.70. The molecule has 3 saturated heterocycles. The number of aliphatic hydroxyl groups excluding tert-OH is 1. The van der Waals surface area contributed by atoms with Crippen molar-refractivity contribution in [2.75, 3.05) is 30.4 Å². The minimum absolute atomic E-state index is 0.0312. The van der Waals surface area contributed by atoms with Gasteiger partial charge in [0.05, 0.1) is 23.2 Å². The van der Waals surface area contributed by atoms with Crippen LogP contribution in [0, 0.1) is 11.8 Å². The summed E-state index contributed by atoms with van der Waals surface area (Å²) in [6, 6.07) is 13.2. The van der Waals surface area contributed by atoms with Crippen LogP contribution in [-0.4, -0.2) is 68.4 Å². The van der Waals surface area contributed by atoms with Crippen LogP contribution in [0.4, 0.5) is 11.4 Å². The normalized spacial score (nSPS) is 29.3. The number of likely N-dealkylation sites (tertiary alicyclic amines) is 1. The maximum Gasteiger partial charge on any atom is 0.248 e. The van der Waals surface area contributed by atoms with E-state index in [2.05, 4.69) is 26.6 Å². The van der Waals surface area contributed by atoms with Gasteiger partial charge in [-0.05, 0) is 68.3 Å². The molecule has 5 rings (SSSR count). The Hall–Kier alpha value is -2.27. The summed E-state index contributed by atoms with van der Waals surface area (Å²) in [5.74, 6) is -1.30. The number of aliphatic hydroxyl groups is 1. The summed E-state index contributed by atoms with van der Waals surface area (Å²) in [5, 5.41) is 15.8. The number of benzene rings is 2. The molecular weight excluding hydrogens is 594 g/mol. The number of anilines is 2. The fraction of sp³-hybridized carbons (Fsp3) is 0.444. The predicted octanol–water partition coefficient (Wildman–Crippen LogP) is 4.16. The monoisotopic (exact) mass is 621 g/mol. The summed E-state index contributed by atoms with van der Waals surface area (Å²) in [5.41, 5.74) is 1.19. The first-order valence-electron chi connectivity index (χ1n) is 12.6. The second kappa shape index (κ2) is 11.1. The van der Waals surface area contributed by atoms with Gasteiger partial charge in [0.1, 0.15) is 11.8 Å². The summed E-state index contributed by atoms with van der Waals surface area (Å²) >= 11 is 11.3. The van der Waals surface area contributed by atoms with Crippen molar-refractivity contribution in [1.29, 1.82) is 0 Å². The fourth-order valence-corrected chi connectivity index (χ4v) is 9.72. The molecule has 8 nitrogen and oxygen atoms in total. The third-order valence-corrected chi connectivity index (χ3v) is 10.9. The molecule has 0 aliphatic carbocycles.